The maximum atomic E-state index is 14.7. The van der Waals surface area contributed by atoms with E-state index in [2.05, 4.69) is 55.4 Å². The van der Waals surface area contributed by atoms with Crippen LogP contribution < -0.4 is 10.2 Å². The number of aliphatic hydroxyl groups excluding tert-OH is 1. The summed E-state index contributed by atoms with van der Waals surface area (Å²) in [5.41, 5.74) is 0.398. The summed E-state index contributed by atoms with van der Waals surface area (Å²) >= 11 is 0. The Bertz CT molecular complexity index is 1370. The second kappa shape index (κ2) is 8.84. The molecule has 1 fully saturated rings. The van der Waals surface area contributed by atoms with Crippen molar-refractivity contribution in [2.75, 3.05) is 23.3 Å². The Labute approximate surface area is 202 Å². The van der Waals surface area contributed by atoms with Gasteiger partial charge in [0.25, 0.3) is 0 Å². The quantitative estimate of drug-likeness (QED) is 0.391. The lowest BCUT2D eigenvalue weighted by molar-refractivity contribution is -0.00860. The number of benzene rings is 1. The first kappa shape index (κ1) is 23.1. The van der Waals surface area contributed by atoms with Gasteiger partial charge in [0.2, 0.25) is 5.95 Å². The van der Waals surface area contributed by atoms with Crippen LogP contribution in [0, 0.1) is 6.92 Å². The van der Waals surface area contributed by atoms with Crippen LogP contribution in [0.15, 0.2) is 36.7 Å². The molecule has 0 saturated carbocycles. The molecule has 3 N–H and O–H groups in total. The minimum atomic E-state index is -1.71. The van der Waals surface area contributed by atoms with Crippen molar-refractivity contribution < 1.29 is 9.50 Å². The van der Waals surface area contributed by atoms with E-state index in [0.29, 0.717) is 42.3 Å². The maximum Gasteiger partial charge on any atom is 0.227 e. The monoisotopic (exact) mass is 476 g/mol. The number of aliphatic hydroxyl groups is 1. The minimum Gasteiger partial charge on any atom is -0.390 e. The molecular weight excluding hydrogens is 447 g/mol. The zero-order valence-electron chi connectivity index (χ0n) is 20.2. The Kier molecular flexibility index (Phi) is 5.84. The summed E-state index contributed by atoms with van der Waals surface area (Å²) in [5.74, 6) is 3.31. The molecule has 0 aliphatic carbocycles. The molecule has 182 valence electrons. The average molecular weight is 477 g/mol. The normalized spacial score (nSPS) is 20.5. The van der Waals surface area contributed by atoms with Gasteiger partial charge in [0.1, 0.15) is 17.5 Å². The van der Waals surface area contributed by atoms with Gasteiger partial charge in [-0.2, -0.15) is 10.1 Å². The van der Waals surface area contributed by atoms with E-state index >= 15 is 0 Å². The number of rotatable bonds is 5. The van der Waals surface area contributed by atoms with Gasteiger partial charge in [-0.05, 0) is 49.3 Å². The van der Waals surface area contributed by atoms with Gasteiger partial charge in [-0.1, -0.05) is 26.0 Å². The molecule has 0 bridgehead atoms. The molecule has 1 aromatic carbocycles. The first-order valence-electron chi connectivity index (χ1n) is 11.8. The lowest BCUT2D eigenvalue weighted by atomic mass is 9.94. The number of aromatic nitrogens is 6. The molecule has 2 atom stereocenters. The molecular formula is C25H29FN8O. The Morgan fingerprint density at radius 1 is 1.17 bits per heavy atom. The summed E-state index contributed by atoms with van der Waals surface area (Å²) < 4.78 is 14.7. The van der Waals surface area contributed by atoms with Crippen molar-refractivity contribution in [2.24, 2.45) is 0 Å². The summed E-state index contributed by atoms with van der Waals surface area (Å²) in [7, 11) is 0. The van der Waals surface area contributed by atoms with Gasteiger partial charge in [0.05, 0.1) is 12.6 Å². The number of fused-ring (bicyclic) bond motifs is 1. The molecule has 3 aromatic heterocycles. The molecule has 1 aliphatic rings. The van der Waals surface area contributed by atoms with Crippen LogP contribution in [0.3, 0.4) is 0 Å². The number of piperidine rings is 1. The Balaban J connectivity index is 1.47. The molecule has 0 radical (unpaired) electrons. The smallest absolute Gasteiger partial charge is 0.227 e. The van der Waals surface area contributed by atoms with Gasteiger partial charge in [0.15, 0.2) is 11.5 Å². The third-order valence-electron chi connectivity index (χ3n) is 6.44. The van der Waals surface area contributed by atoms with Gasteiger partial charge in [-0.3, -0.25) is 5.10 Å². The van der Waals surface area contributed by atoms with Gasteiger partial charge in [0, 0.05) is 29.9 Å². The zero-order valence-corrected chi connectivity index (χ0v) is 20.2. The van der Waals surface area contributed by atoms with Crippen LogP contribution in [0.2, 0.25) is 0 Å². The fourth-order valence-electron chi connectivity index (χ4n) is 4.50. The standard InChI is InChI=1S/C25H29FN8O/c1-14(2)16-5-6-17(23-29-15(3)32-33-23)19-12-28-22(11-18(16)19)30-21-7-9-27-24(31-21)34-10-8-20(35)25(4,26)13-34/h5-7,9,11-12,14,20,35H,8,10,13H2,1-4H3,(H,29,32,33)(H,27,28,30,31)/t20-,25+/m1/s1. The number of nitrogens with one attached hydrogen (secondary N) is 2. The van der Waals surface area contributed by atoms with Crippen molar-refractivity contribution >= 4 is 28.4 Å². The number of alkyl halides is 1. The molecule has 35 heavy (non-hydrogen) atoms. The van der Waals surface area contributed by atoms with Crippen molar-refractivity contribution in [3.8, 4) is 11.4 Å². The number of aromatic amines is 1. The molecule has 0 amide bonds. The molecule has 0 spiro atoms. The van der Waals surface area contributed by atoms with Crippen molar-refractivity contribution in [3.05, 3.63) is 48.0 Å². The minimum absolute atomic E-state index is 0.0348. The molecule has 0 unspecified atom stereocenters. The molecule has 5 rings (SSSR count). The maximum absolute atomic E-state index is 14.7. The fraction of sp³-hybridized carbons (Fsp3) is 0.400. The second-order valence-electron chi connectivity index (χ2n) is 9.59. The van der Waals surface area contributed by atoms with Crippen LogP contribution in [0.1, 0.15) is 44.5 Å². The molecule has 9 nitrogen and oxygen atoms in total. The molecule has 4 heterocycles. The lowest BCUT2D eigenvalue weighted by Gasteiger charge is -2.38. The fourth-order valence-corrected chi connectivity index (χ4v) is 4.50. The molecule has 4 aromatic rings. The molecule has 1 aliphatic heterocycles. The van der Waals surface area contributed by atoms with Crippen LogP contribution in [0.25, 0.3) is 22.2 Å². The Morgan fingerprint density at radius 3 is 2.71 bits per heavy atom. The summed E-state index contributed by atoms with van der Waals surface area (Å²) in [6.45, 7) is 8.11. The number of pyridine rings is 1. The number of halogens is 1. The van der Waals surface area contributed by atoms with Crippen LogP contribution in [-0.4, -0.2) is 60.1 Å². The number of anilines is 3. The van der Waals surface area contributed by atoms with E-state index in [1.807, 2.05) is 25.3 Å². The highest BCUT2D eigenvalue weighted by atomic mass is 19.1. The Morgan fingerprint density at radius 2 is 2.00 bits per heavy atom. The highest BCUT2D eigenvalue weighted by Crippen LogP contribution is 2.34. The number of hydrogen-bond acceptors (Lipinski definition) is 8. The van der Waals surface area contributed by atoms with Crippen LogP contribution >= 0.6 is 0 Å². The van der Waals surface area contributed by atoms with Crippen LogP contribution in [0.5, 0.6) is 0 Å². The predicted molar refractivity (Wildman–Crippen MR) is 134 cm³/mol. The summed E-state index contributed by atoms with van der Waals surface area (Å²) in [4.78, 5) is 19.8. The third-order valence-corrected chi connectivity index (χ3v) is 6.44. The Hall–Kier alpha value is -3.66. The van der Waals surface area contributed by atoms with Gasteiger partial charge >= 0.3 is 0 Å². The first-order valence-corrected chi connectivity index (χ1v) is 11.8. The van der Waals surface area contributed by atoms with E-state index in [9.17, 15) is 9.50 Å². The number of H-pyrrole nitrogens is 1. The van der Waals surface area contributed by atoms with Crippen molar-refractivity contribution in [2.45, 2.75) is 51.8 Å². The van der Waals surface area contributed by atoms with E-state index in [4.69, 9.17) is 0 Å². The SMILES string of the molecule is Cc1nc(-c2ccc(C(C)C)c3cc(Nc4ccnc(N5CC[C@@H](O)[C@@](C)(F)C5)n4)ncc23)n[nH]1. The second-order valence-corrected chi connectivity index (χ2v) is 9.59. The van der Waals surface area contributed by atoms with Gasteiger partial charge < -0.3 is 15.3 Å². The van der Waals surface area contributed by atoms with Crippen LogP contribution in [0.4, 0.5) is 22.0 Å². The predicted octanol–water partition coefficient (Wildman–Crippen LogP) is 4.28. The van der Waals surface area contributed by atoms with E-state index in [1.165, 1.54) is 12.5 Å². The lowest BCUT2D eigenvalue weighted by Crippen LogP contribution is -2.52. The highest BCUT2D eigenvalue weighted by molar-refractivity contribution is 5.98. The first-order chi connectivity index (χ1) is 16.7. The van der Waals surface area contributed by atoms with Gasteiger partial charge in [-0.15, -0.1) is 0 Å². The van der Waals surface area contributed by atoms with E-state index in [1.54, 1.807) is 17.2 Å². The van der Waals surface area contributed by atoms with Crippen molar-refractivity contribution in [3.63, 3.8) is 0 Å². The molecule has 1 saturated heterocycles. The molecule has 10 heteroatoms. The topological polar surface area (TPSA) is 116 Å². The van der Waals surface area contributed by atoms with E-state index in [-0.39, 0.29) is 6.54 Å². The number of aryl methyl sites for hydroxylation is 1. The van der Waals surface area contributed by atoms with Crippen molar-refractivity contribution in [1.29, 1.82) is 0 Å². The van der Waals surface area contributed by atoms with Crippen LogP contribution in [-0.2, 0) is 0 Å². The zero-order chi connectivity index (χ0) is 24.7. The third kappa shape index (κ3) is 4.53. The number of hydrogen-bond donors (Lipinski definition) is 3. The van der Waals surface area contributed by atoms with Gasteiger partial charge in [-0.25, -0.2) is 19.3 Å². The highest BCUT2D eigenvalue weighted by Gasteiger charge is 2.39. The van der Waals surface area contributed by atoms with E-state index < -0.39 is 11.8 Å². The van der Waals surface area contributed by atoms with E-state index in [0.717, 1.165) is 22.2 Å². The largest absolute Gasteiger partial charge is 0.390 e. The summed E-state index contributed by atoms with van der Waals surface area (Å²) in [5, 5.41) is 22.4. The average Bonchev–Trinajstić information content (AvgIpc) is 3.26. The number of nitrogens with zero attached hydrogens (tertiary/aromatic N) is 6. The summed E-state index contributed by atoms with van der Waals surface area (Å²) in [6.07, 6.45) is 2.80. The van der Waals surface area contributed by atoms with Crippen molar-refractivity contribution in [1.82, 2.24) is 30.1 Å². The summed E-state index contributed by atoms with van der Waals surface area (Å²) in [6, 6.07) is 7.91.